The second-order valence-corrected chi connectivity index (χ2v) is 24.4. The van der Waals surface area contributed by atoms with Crippen LogP contribution in [0.25, 0.3) is 10.2 Å². The van der Waals surface area contributed by atoms with Crippen molar-refractivity contribution in [3.8, 4) is 29.9 Å². The van der Waals surface area contributed by atoms with Gasteiger partial charge in [0, 0.05) is 45.1 Å². The molecular weight excluding hydrogens is 846 g/mol. The monoisotopic (exact) mass is 899 g/mol. The van der Waals surface area contributed by atoms with Crippen molar-refractivity contribution in [3.05, 3.63) is 80.8 Å². The summed E-state index contributed by atoms with van der Waals surface area (Å²) >= 11 is 2.79. The maximum atomic E-state index is 15.0. The lowest BCUT2D eigenvalue weighted by atomic mass is 10.2. The van der Waals surface area contributed by atoms with Gasteiger partial charge in [0.05, 0.1) is 23.4 Å². The van der Waals surface area contributed by atoms with Gasteiger partial charge >= 0.3 is 12.1 Å². The van der Waals surface area contributed by atoms with Crippen LogP contribution in [0.2, 0.25) is 25.7 Å². The van der Waals surface area contributed by atoms with Crippen LogP contribution in [-0.4, -0.2) is 88.8 Å². The van der Waals surface area contributed by atoms with Gasteiger partial charge in [-0.15, -0.1) is 33.9 Å². The highest BCUT2D eigenvalue weighted by Crippen LogP contribution is 2.33. The molecule has 13 nitrogen and oxygen atoms in total. The number of terminal acetylenes is 1. The summed E-state index contributed by atoms with van der Waals surface area (Å²) < 4.78 is 35.3. The van der Waals surface area contributed by atoms with Crippen molar-refractivity contribution in [2.24, 2.45) is 4.99 Å². The number of anilines is 2. The number of hydrogen-bond acceptors (Lipinski definition) is 12. The average molecular weight is 900 g/mol. The Bertz CT molecular complexity index is 2540. The van der Waals surface area contributed by atoms with E-state index >= 15 is 0 Å². The Morgan fingerprint density at radius 1 is 1.06 bits per heavy atom. The molecule has 2 aromatic carbocycles. The number of carboxylic acids is 1. The number of carbonyl (C=O) groups excluding carboxylic acids is 1. The third-order valence-corrected chi connectivity index (χ3v) is 12.9. The molecule has 0 aliphatic carbocycles. The predicted molar refractivity (Wildman–Crippen MR) is 246 cm³/mol. The van der Waals surface area contributed by atoms with Crippen molar-refractivity contribution in [2.75, 3.05) is 38.3 Å². The molecule has 0 atom stereocenters. The molecule has 0 radical (unpaired) electrons. The van der Waals surface area contributed by atoms with Crippen molar-refractivity contribution in [1.29, 1.82) is 0 Å². The van der Waals surface area contributed by atoms with E-state index in [2.05, 4.69) is 69.3 Å². The standard InChI is InChI=1S/C45H54FN7O6S2Si/c1-10-11-14-24-52(38-28-31(2)40(50-49-38)48-43-53(30-57-26-27-62(7,8)9)34-18-12-13-19-36(34)60-43)42-47-39(41(54)55)37(61-42)20-16-25-58-35-22-21-32(29-33(35)46)17-15-23-51(6)44(56)59-45(3,4)5/h1,12-13,18-19,21-22,28-29H,11,14,16,20,23-27,30H2,2-9H3,(H,54,55). The molecular formula is C45H54FN7O6S2Si. The fourth-order valence-corrected chi connectivity index (χ4v) is 8.68. The summed E-state index contributed by atoms with van der Waals surface area (Å²) in [6.45, 7) is 15.9. The van der Waals surface area contributed by atoms with Crippen LogP contribution in [0, 0.1) is 36.9 Å². The molecule has 5 rings (SSSR count). The van der Waals surface area contributed by atoms with Gasteiger partial charge in [0.2, 0.25) is 0 Å². The van der Waals surface area contributed by atoms with Gasteiger partial charge in [0.25, 0.3) is 0 Å². The number of para-hydroxylation sites is 1. The predicted octanol–water partition coefficient (Wildman–Crippen LogP) is 9.42. The lowest BCUT2D eigenvalue weighted by Crippen LogP contribution is -2.34. The highest BCUT2D eigenvalue weighted by Gasteiger charge is 2.24. The maximum Gasteiger partial charge on any atom is 0.410 e. The van der Waals surface area contributed by atoms with Crippen molar-refractivity contribution in [3.63, 3.8) is 0 Å². The van der Waals surface area contributed by atoms with Gasteiger partial charge in [-0.25, -0.2) is 19.0 Å². The van der Waals surface area contributed by atoms with Gasteiger partial charge < -0.3 is 29.1 Å². The molecule has 0 saturated heterocycles. The SMILES string of the molecule is C#CCCCN(c1cc(C)c(N=c2sc3ccccc3n2COCC[Si](C)(C)C)nn1)c1nc(C(=O)O)c(CCCOc2ccc(C#CCN(C)C(=O)OC(C)(C)C)cc2F)s1. The summed E-state index contributed by atoms with van der Waals surface area (Å²) in [5.41, 5.74) is 1.52. The van der Waals surface area contributed by atoms with Gasteiger partial charge in [-0.3, -0.25) is 4.57 Å². The number of unbranched alkanes of at least 4 members (excludes halogenated alkanes) is 1. The Kier molecular flexibility index (Phi) is 16.4. The number of benzene rings is 2. The molecule has 3 heterocycles. The maximum absolute atomic E-state index is 15.0. The minimum absolute atomic E-state index is 0.0432. The van der Waals surface area contributed by atoms with Crippen LogP contribution in [0.1, 0.15) is 66.5 Å². The first-order chi connectivity index (χ1) is 29.4. The van der Waals surface area contributed by atoms with E-state index in [0.29, 0.717) is 72.8 Å². The van der Waals surface area contributed by atoms with Crippen molar-refractivity contribution in [2.45, 2.75) is 91.4 Å². The molecule has 0 unspecified atom stereocenters. The van der Waals surface area contributed by atoms with Crippen LogP contribution in [0.4, 0.5) is 26.0 Å². The minimum Gasteiger partial charge on any atom is -0.491 e. The molecule has 328 valence electrons. The van der Waals surface area contributed by atoms with E-state index in [9.17, 15) is 19.1 Å². The smallest absolute Gasteiger partial charge is 0.410 e. The number of fused-ring (bicyclic) bond motifs is 1. The number of ether oxygens (including phenoxy) is 3. The number of halogens is 1. The minimum atomic E-state index is -1.26. The van der Waals surface area contributed by atoms with Crippen LogP contribution < -0.4 is 14.4 Å². The summed E-state index contributed by atoms with van der Waals surface area (Å²) in [6.07, 6.45) is 6.91. The van der Waals surface area contributed by atoms with Crippen LogP contribution in [0.3, 0.4) is 0 Å². The number of carboxylic acid groups (broad SMARTS) is 1. The zero-order chi connectivity index (χ0) is 45.0. The number of amides is 1. The van der Waals surface area contributed by atoms with E-state index in [0.717, 1.165) is 26.6 Å². The number of aromatic nitrogens is 4. The van der Waals surface area contributed by atoms with E-state index in [1.807, 2.05) is 30.0 Å². The second-order valence-electron chi connectivity index (χ2n) is 16.7. The van der Waals surface area contributed by atoms with Crippen LogP contribution in [-0.2, 0) is 22.6 Å². The summed E-state index contributed by atoms with van der Waals surface area (Å²) in [6, 6.07) is 15.4. The van der Waals surface area contributed by atoms with Crippen LogP contribution in [0.5, 0.6) is 5.75 Å². The lowest BCUT2D eigenvalue weighted by Gasteiger charge is -2.23. The largest absolute Gasteiger partial charge is 0.491 e. The normalized spacial score (nSPS) is 11.8. The molecule has 17 heteroatoms. The number of carbonyl (C=O) groups is 2. The third-order valence-electron chi connectivity index (χ3n) is 9.04. The van der Waals surface area contributed by atoms with Gasteiger partial charge in [-0.2, -0.15) is 4.99 Å². The highest BCUT2D eigenvalue weighted by atomic mass is 32.1. The lowest BCUT2D eigenvalue weighted by molar-refractivity contribution is 0.0320. The highest BCUT2D eigenvalue weighted by molar-refractivity contribution is 7.16. The summed E-state index contributed by atoms with van der Waals surface area (Å²) in [5.74, 6) is 7.59. The van der Waals surface area contributed by atoms with Gasteiger partial charge in [-0.05, 0) is 95.0 Å². The molecule has 62 heavy (non-hydrogen) atoms. The average Bonchev–Trinajstić information content (AvgIpc) is 3.78. The van der Waals surface area contributed by atoms with Crippen molar-refractivity contribution < 1.29 is 33.3 Å². The molecule has 0 aliphatic rings. The van der Waals surface area contributed by atoms with Gasteiger partial charge in [0.15, 0.2) is 38.8 Å². The van der Waals surface area contributed by atoms with Gasteiger partial charge in [0.1, 0.15) is 12.3 Å². The van der Waals surface area contributed by atoms with E-state index in [1.54, 1.807) is 45.2 Å². The molecule has 0 aliphatic heterocycles. The number of aryl methyl sites for hydroxylation is 2. The van der Waals surface area contributed by atoms with E-state index < -0.39 is 31.6 Å². The van der Waals surface area contributed by atoms with Crippen molar-refractivity contribution >= 4 is 69.8 Å². The second kappa shape index (κ2) is 21.5. The van der Waals surface area contributed by atoms with Crippen LogP contribution in [0.15, 0.2) is 53.5 Å². The Labute approximate surface area is 371 Å². The number of thiazole rings is 2. The number of hydrogen-bond donors (Lipinski definition) is 1. The summed E-state index contributed by atoms with van der Waals surface area (Å²) in [4.78, 5) is 38.5. The Morgan fingerprint density at radius 2 is 1.84 bits per heavy atom. The van der Waals surface area contributed by atoms with Gasteiger partial charge in [-0.1, -0.05) is 55.0 Å². The number of rotatable bonds is 18. The number of nitrogens with zero attached hydrogens (tertiary/aromatic N) is 7. The first-order valence-electron chi connectivity index (χ1n) is 20.3. The summed E-state index contributed by atoms with van der Waals surface area (Å²) in [5, 5.41) is 19.7. The van der Waals surface area contributed by atoms with E-state index in [4.69, 9.17) is 25.6 Å². The first kappa shape index (κ1) is 47.5. The van der Waals surface area contributed by atoms with Crippen LogP contribution >= 0.6 is 22.7 Å². The molecule has 0 bridgehead atoms. The molecule has 0 spiro atoms. The number of aromatic carboxylic acids is 1. The van der Waals surface area contributed by atoms with Crippen molar-refractivity contribution in [1.82, 2.24) is 24.6 Å². The summed E-state index contributed by atoms with van der Waals surface area (Å²) in [7, 11) is 0.319. The molecule has 5 aromatic rings. The molecule has 0 fully saturated rings. The Hall–Kier alpha value is -5.59. The first-order valence-corrected chi connectivity index (χ1v) is 25.6. The molecule has 1 amide bonds. The fraction of sp³-hybridized carbons (Fsp3) is 0.422. The Balaban J connectivity index is 1.29. The zero-order valence-electron chi connectivity index (χ0n) is 36.6. The Morgan fingerprint density at radius 3 is 2.53 bits per heavy atom. The molecule has 1 N–H and O–H groups in total. The fourth-order valence-electron chi connectivity index (χ4n) is 5.78. The zero-order valence-corrected chi connectivity index (χ0v) is 39.2. The quantitative estimate of drug-likeness (QED) is 0.0513. The molecule has 0 saturated carbocycles. The van der Waals surface area contributed by atoms with E-state index in [-0.39, 0.29) is 24.6 Å². The molecule has 3 aromatic heterocycles. The topological polar surface area (TPSA) is 144 Å². The third kappa shape index (κ3) is 13.7. The van der Waals surface area contributed by atoms with E-state index in [1.165, 1.54) is 28.4 Å².